The summed E-state index contributed by atoms with van der Waals surface area (Å²) in [6.45, 7) is 4.47. The molecule has 4 aromatic rings. The Labute approximate surface area is 213 Å². The van der Waals surface area contributed by atoms with Gasteiger partial charge in [-0.05, 0) is 52.4 Å². The van der Waals surface area contributed by atoms with Crippen molar-refractivity contribution in [1.82, 2.24) is 20.2 Å². The van der Waals surface area contributed by atoms with Crippen molar-refractivity contribution in [3.63, 3.8) is 0 Å². The minimum Gasteiger partial charge on any atom is -0.453 e. The molecule has 7 nitrogen and oxygen atoms in total. The number of likely N-dealkylation sites (tertiary alicyclic amines) is 1. The molecule has 1 aliphatic heterocycles. The second kappa shape index (κ2) is 9.31. The maximum Gasteiger partial charge on any atom is 0.407 e. The highest BCUT2D eigenvalue weighted by Crippen LogP contribution is 2.42. The average Bonchev–Trinajstić information content (AvgIpc) is 3.60. The molecule has 34 heavy (non-hydrogen) atoms. The summed E-state index contributed by atoms with van der Waals surface area (Å²) in [5, 5.41) is 7.02. The van der Waals surface area contributed by atoms with Crippen LogP contribution in [0.5, 0.6) is 0 Å². The van der Waals surface area contributed by atoms with Gasteiger partial charge in [0.2, 0.25) is 5.91 Å². The second-order valence-corrected chi connectivity index (χ2v) is 11.4. The minimum absolute atomic E-state index is 0.0641. The van der Waals surface area contributed by atoms with Crippen molar-refractivity contribution in [3.05, 3.63) is 39.3 Å². The van der Waals surface area contributed by atoms with E-state index in [1.807, 2.05) is 24.8 Å². The van der Waals surface area contributed by atoms with Crippen molar-refractivity contribution in [1.29, 1.82) is 0 Å². The summed E-state index contributed by atoms with van der Waals surface area (Å²) in [6, 6.07) is 5.49. The fourth-order valence-electron chi connectivity index (χ4n) is 4.54. The number of methoxy groups -OCH3 is 1. The lowest BCUT2D eigenvalue weighted by Crippen LogP contribution is -2.51. The number of hydrogen-bond donors (Lipinski definition) is 2. The van der Waals surface area contributed by atoms with Crippen LogP contribution in [0.15, 0.2) is 33.4 Å². The average molecular weight is 562 g/mol. The number of H-pyrrole nitrogens is 1. The van der Waals surface area contributed by atoms with Gasteiger partial charge in [-0.2, -0.15) is 0 Å². The molecule has 1 fully saturated rings. The van der Waals surface area contributed by atoms with Gasteiger partial charge in [-0.1, -0.05) is 19.9 Å². The molecule has 1 aromatic carbocycles. The number of hydrogen-bond acceptors (Lipinski definition) is 6. The van der Waals surface area contributed by atoms with E-state index in [0.29, 0.717) is 6.54 Å². The number of carbonyl (C=O) groups excluding carboxylic acids is 2. The Hall–Kier alpha value is -2.43. The summed E-state index contributed by atoms with van der Waals surface area (Å²) in [4.78, 5) is 35.3. The molecule has 4 heterocycles. The molecule has 1 aliphatic rings. The largest absolute Gasteiger partial charge is 0.453 e. The van der Waals surface area contributed by atoms with Crippen LogP contribution in [0, 0.1) is 5.92 Å². The van der Waals surface area contributed by atoms with Crippen LogP contribution in [0.2, 0.25) is 0 Å². The van der Waals surface area contributed by atoms with Crippen LogP contribution < -0.4 is 5.32 Å². The van der Waals surface area contributed by atoms with Crippen LogP contribution in [-0.4, -0.2) is 46.6 Å². The molecule has 0 bridgehead atoms. The molecule has 0 radical (unpaired) electrons. The summed E-state index contributed by atoms with van der Waals surface area (Å²) in [7, 11) is 1.30. The van der Waals surface area contributed by atoms with E-state index >= 15 is 0 Å². The number of thiophene rings is 2. The fourth-order valence-corrected chi connectivity index (χ4v) is 7.61. The number of carbonyl (C=O) groups is 2. The van der Waals surface area contributed by atoms with Crippen LogP contribution in [0.25, 0.3) is 31.6 Å². The number of nitrogens with one attached hydrogen (secondary N) is 2. The number of halogens is 1. The van der Waals surface area contributed by atoms with Gasteiger partial charge < -0.3 is 19.9 Å². The van der Waals surface area contributed by atoms with Crippen LogP contribution in [0.4, 0.5) is 4.79 Å². The number of amides is 2. The Kier molecular flexibility index (Phi) is 6.39. The number of fused-ring (bicyclic) bond motifs is 2. The van der Waals surface area contributed by atoms with Crippen molar-refractivity contribution >= 4 is 71.0 Å². The molecule has 1 saturated heterocycles. The summed E-state index contributed by atoms with van der Waals surface area (Å²) in [6.07, 6.45) is 1.12. The lowest BCUT2D eigenvalue weighted by molar-refractivity contribution is -0.135. The number of ether oxygens (including phenoxy) is 1. The molecule has 3 aromatic heterocycles. The third kappa shape index (κ3) is 4.12. The molecule has 0 spiro atoms. The Morgan fingerprint density at radius 3 is 2.82 bits per heavy atom. The molecule has 5 rings (SSSR count). The molecule has 178 valence electrons. The van der Waals surface area contributed by atoms with E-state index < -0.39 is 12.1 Å². The number of rotatable bonds is 5. The number of imidazole rings is 1. The van der Waals surface area contributed by atoms with Gasteiger partial charge >= 0.3 is 6.09 Å². The van der Waals surface area contributed by atoms with Crippen molar-refractivity contribution in [2.75, 3.05) is 13.7 Å². The predicted octanol–water partition coefficient (Wildman–Crippen LogP) is 6.31. The van der Waals surface area contributed by atoms with Crippen molar-refractivity contribution in [2.45, 2.75) is 38.8 Å². The predicted molar refractivity (Wildman–Crippen MR) is 140 cm³/mol. The van der Waals surface area contributed by atoms with Crippen molar-refractivity contribution in [3.8, 4) is 11.1 Å². The fraction of sp³-hybridized carbons (Fsp3) is 0.375. The quantitative estimate of drug-likeness (QED) is 0.299. The number of benzene rings is 1. The second-order valence-electron chi connectivity index (χ2n) is 8.79. The molecular weight excluding hydrogens is 536 g/mol. The lowest BCUT2D eigenvalue weighted by Gasteiger charge is -2.29. The Bertz CT molecular complexity index is 1380. The highest BCUT2D eigenvalue weighted by atomic mass is 79.9. The zero-order valence-electron chi connectivity index (χ0n) is 19.1. The first-order valence-corrected chi connectivity index (χ1v) is 13.7. The molecule has 10 heteroatoms. The van der Waals surface area contributed by atoms with E-state index in [-0.39, 0.29) is 17.9 Å². The van der Waals surface area contributed by atoms with E-state index in [1.165, 1.54) is 22.1 Å². The first-order valence-electron chi connectivity index (χ1n) is 11.2. The molecule has 0 aliphatic carbocycles. The molecule has 2 atom stereocenters. The maximum atomic E-state index is 13.4. The van der Waals surface area contributed by atoms with Gasteiger partial charge in [-0.3, -0.25) is 4.79 Å². The Balaban J connectivity index is 1.44. The van der Waals surface area contributed by atoms with Gasteiger partial charge in [0.1, 0.15) is 11.9 Å². The third-order valence-electron chi connectivity index (χ3n) is 6.30. The van der Waals surface area contributed by atoms with Crippen molar-refractivity contribution in [2.24, 2.45) is 5.92 Å². The summed E-state index contributed by atoms with van der Waals surface area (Å²) < 4.78 is 8.41. The zero-order chi connectivity index (χ0) is 24.0. The number of aromatic amines is 1. The van der Waals surface area contributed by atoms with Gasteiger partial charge in [0.05, 0.1) is 33.6 Å². The number of alkyl carbamates (subject to hydrolysis) is 1. The summed E-state index contributed by atoms with van der Waals surface area (Å²) in [5.74, 6) is 0.617. The number of nitrogens with zero attached hydrogens (tertiary/aromatic N) is 2. The van der Waals surface area contributed by atoms with E-state index in [2.05, 4.69) is 49.1 Å². The molecule has 2 amide bonds. The van der Waals surface area contributed by atoms with E-state index in [9.17, 15) is 9.59 Å². The highest BCUT2D eigenvalue weighted by Gasteiger charge is 2.37. The Morgan fingerprint density at radius 1 is 1.26 bits per heavy atom. The minimum atomic E-state index is -0.643. The Morgan fingerprint density at radius 2 is 2.06 bits per heavy atom. The molecule has 0 saturated carbocycles. The molecular formula is C24H25BrN4O3S2. The van der Waals surface area contributed by atoms with Crippen LogP contribution in [0.3, 0.4) is 0 Å². The van der Waals surface area contributed by atoms with Gasteiger partial charge in [-0.25, -0.2) is 9.78 Å². The van der Waals surface area contributed by atoms with Crippen molar-refractivity contribution < 1.29 is 14.3 Å². The van der Waals surface area contributed by atoms with E-state index in [1.54, 1.807) is 22.7 Å². The monoisotopic (exact) mass is 560 g/mol. The van der Waals surface area contributed by atoms with E-state index in [4.69, 9.17) is 9.72 Å². The normalized spacial score (nSPS) is 17.1. The standard InChI is InChI=1S/C24H25BrN4O3S2/c1-12(2)19(28-24(31)32-3)23(30)29-8-4-5-18(29)22-26-16-7-6-13(9-17(16)27-22)14-10-33-21-15(25)11-34-20(14)21/h6-7,9-12,18-19H,4-5,8H2,1-3H3,(H,26,27)(H,28,31)/t18?,19-/m0/s1. The maximum absolute atomic E-state index is 13.4. The van der Waals surface area contributed by atoms with Crippen LogP contribution in [-0.2, 0) is 9.53 Å². The first-order chi connectivity index (χ1) is 16.4. The SMILES string of the molecule is COC(=O)N[C@H](C(=O)N1CCCC1c1nc2ccc(-c3csc4c(Br)csc34)cc2[nH]1)C(C)C. The van der Waals surface area contributed by atoms with Gasteiger partial charge in [0.25, 0.3) is 0 Å². The molecule has 2 N–H and O–H groups in total. The van der Waals surface area contributed by atoms with Gasteiger partial charge in [-0.15, -0.1) is 22.7 Å². The highest BCUT2D eigenvalue weighted by molar-refractivity contribution is 9.10. The zero-order valence-corrected chi connectivity index (χ0v) is 22.3. The first kappa shape index (κ1) is 23.3. The van der Waals surface area contributed by atoms with Gasteiger partial charge in [0.15, 0.2) is 0 Å². The van der Waals surface area contributed by atoms with Crippen LogP contribution in [0.1, 0.15) is 38.6 Å². The summed E-state index contributed by atoms with van der Waals surface area (Å²) in [5.41, 5.74) is 4.20. The third-order valence-corrected chi connectivity index (χ3v) is 9.64. The smallest absolute Gasteiger partial charge is 0.407 e. The topological polar surface area (TPSA) is 87.3 Å². The summed E-state index contributed by atoms with van der Waals surface area (Å²) >= 11 is 7.11. The van der Waals surface area contributed by atoms with Crippen LogP contribution >= 0.6 is 38.6 Å². The van der Waals surface area contributed by atoms with Gasteiger partial charge in [0, 0.05) is 27.3 Å². The number of aromatic nitrogens is 2. The molecule has 1 unspecified atom stereocenters. The lowest BCUT2D eigenvalue weighted by atomic mass is 10.0. The van der Waals surface area contributed by atoms with E-state index in [0.717, 1.165) is 39.7 Å².